The van der Waals surface area contributed by atoms with Crippen LogP contribution in [0.2, 0.25) is 0 Å². The van der Waals surface area contributed by atoms with Crippen molar-refractivity contribution < 1.29 is 18.4 Å². The molecule has 2 amide bonds. The molecule has 1 saturated heterocycles. The standard InChI is InChI=1S/C19H15F2N3O2S/c20-11-4-5-15(14(21)7-11)24-9-10(6-17(24)25)18(26)23-19-13(8-22)12-2-1-3-16(12)27-19/h4-5,7,10H,1-3,6,9H2,(H,23,26). The highest BCUT2D eigenvalue weighted by atomic mass is 32.1. The lowest BCUT2D eigenvalue weighted by atomic mass is 10.1. The monoisotopic (exact) mass is 387 g/mol. The number of thiophene rings is 1. The molecular formula is C19H15F2N3O2S. The molecule has 1 aromatic carbocycles. The zero-order valence-electron chi connectivity index (χ0n) is 14.2. The number of hydrogen-bond donors (Lipinski definition) is 1. The molecule has 1 aromatic heterocycles. The average Bonchev–Trinajstić information content (AvgIpc) is 3.29. The zero-order valence-corrected chi connectivity index (χ0v) is 15.0. The molecule has 2 heterocycles. The van der Waals surface area contributed by atoms with E-state index in [0.29, 0.717) is 16.6 Å². The van der Waals surface area contributed by atoms with Gasteiger partial charge < -0.3 is 10.2 Å². The van der Waals surface area contributed by atoms with Crippen LogP contribution in [0.25, 0.3) is 0 Å². The minimum atomic E-state index is -0.842. The van der Waals surface area contributed by atoms with Crippen LogP contribution in [0.15, 0.2) is 18.2 Å². The number of rotatable bonds is 3. The molecule has 0 spiro atoms. The molecule has 0 saturated carbocycles. The maximum atomic E-state index is 14.0. The molecule has 1 atom stereocenters. The van der Waals surface area contributed by atoms with Crippen molar-refractivity contribution >= 4 is 33.8 Å². The minimum Gasteiger partial charge on any atom is -0.316 e. The highest BCUT2D eigenvalue weighted by molar-refractivity contribution is 7.16. The molecule has 2 aromatic rings. The van der Waals surface area contributed by atoms with E-state index < -0.39 is 23.5 Å². The largest absolute Gasteiger partial charge is 0.316 e. The number of carbonyl (C=O) groups excluding carboxylic acids is 2. The van der Waals surface area contributed by atoms with Gasteiger partial charge in [0.1, 0.15) is 22.7 Å². The fraction of sp³-hybridized carbons (Fsp3) is 0.316. The van der Waals surface area contributed by atoms with E-state index in [-0.39, 0.29) is 24.6 Å². The van der Waals surface area contributed by atoms with Crippen LogP contribution in [0.3, 0.4) is 0 Å². The summed E-state index contributed by atoms with van der Waals surface area (Å²) in [5.41, 5.74) is 1.48. The second-order valence-corrected chi connectivity index (χ2v) is 7.77. The quantitative estimate of drug-likeness (QED) is 0.878. The van der Waals surface area contributed by atoms with Gasteiger partial charge in [-0.15, -0.1) is 11.3 Å². The number of hydrogen-bond acceptors (Lipinski definition) is 4. The number of nitriles is 1. The van der Waals surface area contributed by atoms with Gasteiger partial charge in [-0.2, -0.15) is 5.26 Å². The fourth-order valence-corrected chi connectivity index (χ4v) is 4.88. The van der Waals surface area contributed by atoms with Crippen molar-refractivity contribution in [2.45, 2.75) is 25.7 Å². The molecule has 5 nitrogen and oxygen atoms in total. The third-order valence-corrected chi connectivity index (χ3v) is 6.17. The summed E-state index contributed by atoms with van der Waals surface area (Å²) in [5.74, 6) is -3.00. The van der Waals surface area contributed by atoms with Gasteiger partial charge >= 0.3 is 0 Å². The smallest absolute Gasteiger partial charge is 0.230 e. The summed E-state index contributed by atoms with van der Waals surface area (Å²) in [7, 11) is 0. The van der Waals surface area contributed by atoms with Crippen LogP contribution in [0.1, 0.15) is 28.8 Å². The van der Waals surface area contributed by atoms with Crippen LogP contribution in [-0.2, 0) is 22.4 Å². The van der Waals surface area contributed by atoms with E-state index >= 15 is 0 Å². The van der Waals surface area contributed by atoms with Crippen molar-refractivity contribution in [3.05, 3.63) is 45.8 Å². The Bertz CT molecular complexity index is 996. The minimum absolute atomic E-state index is 0.0141. The van der Waals surface area contributed by atoms with E-state index in [9.17, 15) is 23.6 Å². The molecule has 0 bridgehead atoms. The molecule has 1 unspecified atom stereocenters. The Kier molecular flexibility index (Phi) is 4.40. The maximum absolute atomic E-state index is 14.0. The van der Waals surface area contributed by atoms with E-state index in [4.69, 9.17) is 0 Å². The van der Waals surface area contributed by atoms with Crippen LogP contribution < -0.4 is 10.2 Å². The SMILES string of the molecule is N#Cc1c(NC(=O)C2CC(=O)N(c3ccc(F)cc3F)C2)sc2c1CCC2. The molecule has 27 heavy (non-hydrogen) atoms. The van der Waals surface area contributed by atoms with Gasteiger partial charge in [0.2, 0.25) is 11.8 Å². The first-order chi connectivity index (χ1) is 13.0. The van der Waals surface area contributed by atoms with Crippen LogP contribution in [-0.4, -0.2) is 18.4 Å². The molecule has 1 aliphatic carbocycles. The summed E-state index contributed by atoms with van der Waals surface area (Å²) in [4.78, 5) is 27.2. The van der Waals surface area contributed by atoms with Crippen LogP contribution in [0, 0.1) is 28.9 Å². The lowest BCUT2D eigenvalue weighted by Gasteiger charge is -2.17. The highest BCUT2D eigenvalue weighted by Gasteiger charge is 2.37. The molecule has 138 valence electrons. The molecule has 1 aliphatic heterocycles. The van der Waals surface area contributed by atoms with E-state index in [1.54, 1.807) is 0 Å². The summed E-state index contributed by atoms with van der Waals surface area (Å²) >= 11 is 1.41. The topological polar surface area (TPSA) is 73.2 Å². The average molecular weight is 387 g/mol. The van der Waals surface area contributed by atoms with E-state index in [1.807, 2.05) is 0 Å². The first kappa shape index (κ1) is 17.6. The number of amides is 2. The summed E-state index contributed by atoms with van der Waals surface area (Å²) in [6.45, 7) is 0.0141. The van der Waals surface area contributed by atoms with Crippen LogP contribution in [0.4, 0.5) is 19.5 Å². The van der Waals surface area contributed by atoms with Crippen molar-refractivity contribution in [2.75, 3.05) is 16.8 Å². The zero-order chi connectivity index (χ0) is 19.1. The molecule has 2 aliphatic rings. The molecule has 4 rings (SSSR count). The predicted molar refractivity (Wildman–Crippen MR) is 96.5 cm³/mol. The molecule has 8 heteroatoms. The van der Waals surface area contributed by atoms with Gasteiger partial charge in [-0.05, 0) is 37.0 Å². The molecule has 1 N–H and O–H groups in total. The number of halogens is 2. The summed E-state index contributed by atoms with van der Waals surface area (Å²) in [5, 5.41) is 12.7. The second kappa shape index (κ2) is 6.74. The lowest BCUT2D eigenvalue weighted by molar-refractivity contribution is -0.122. The van der Waals surface area contributed by atoms with Gasteiger partial charge in [-0.3, -0.25) is 9.59 Å². The highest BCUT2D eigenvalue weighted by Crippen LogP contribution is 2.39. The third kappa shape index (κ3) is 3.08. The first-order valence-electron chi connectivity index (χ1n) is 8.59. The second-order valence-electron chi connectivity index (χ2n) is 6.66. The van der Waals surface area contributed by atoms with Crippen LogP contribution in [0.5, 0.6) is 0 Å². The van der Waals surface area contributed by atoms with Gasteiger partial charge in [-0.25, -0.2) is 8.78 Å². The lowest BCUT2D eigenvalue weighted by Crippen LogP contribution is -2.28. The van der Waals surface area contributed by atoms with Gasteiger partial charge in [-0.1, -0.05) is 0 Å². The number of fused-ring (bicyclic) bond motifs is 1. The Morgan fingerprint density at radius 2 is 2.15 bits per heavy atom. The van der Waals surface area contributed by atoms with E-state index in [2.05, 4.69) is 11.4 Å². The van der Waals surface area contributed by atoms with Crippen molar-refractivity contribution in [2.24, 2.45) is 5.92 Å². The number of nitrogens with one attached hydrogen (secondary N) is 1. The summed E-state index contributed by atoms with van der Waals surface area (Å²) < 4.78 is 27.1. The number of carbonyl (C=O) groups is 2. The van der Waals surface area contributed by atoms with Gasteiger partial charge in [0, 0.05) is 23.9 Å². The van der Waals surface area contributed by atoms with Crippen molar-refractivity contribution in [3.63, 3.8) is 0 Å². The summed E-state index contributed by atoms with van der Waals surface area (Å²) in [6.07, 6.45) is 2.70. The van der Waals surface area contributed by atoms with Gasteiger partial charge in [0.15, 0.2) is 0 Å². The fourth-order valence-electron chi connectivity index (χ4n) is 3.64. The maximum Gasteiger partial charge on any atom is 0.230 e. The predicted octanol–water partition coefficient (Wildman–Crippen LogP) is 3.38. The van der Waals surface area contributed by atoms with E-state index in [0.717, 1.165) is 35.8 Å². The number of aryl methyl sites for hydroxylation is 1. The number of benzene rings is 1. The Balaban J connectivity index is 1.51. The normalized spacial score (nSPS) is 18.5. The van der Waals surface area contributed by atoms with Crippen molar-refractivity contribution in [1.82, 2.24) is 0 Å². The Morgan fingerprint density at radius 3 is 2.89 bits per heavy atom. The molecule has 1 fully saturated rings. The Morgan fingerprint density at radius 1 is 1.33 bits per heavy atom. The van der Waals surface area contributed by atoms with Gasteiger partial charge in [0.25, 0.3) is 0 Å². The third-order valence-electron chi connectivity index (χ3n) is 4.97. The van der Waals surface area contributed by atoms with Gasteiger partial charge in [0.05, 0.1) is 17.2 Å². The van der Waals surface area contributed by atoms with E-state index in [1.165, 1.54) is 22.3 Å². The van der Waals surface area contributed by atoms with Crippen molar-refractivity contribution in [1.29, 1.82) is 5.26 Å². The molecular weight excluding hydrogens is 372 g/mol. The summed E-state index contributed by atoms with van der Waals surface area (Å²) in [6, 6.07) is 5.14. The Hall–Kier alpha value is -2.79. The van der Waals surface area contributed by atoms with Crippen molar-refractivity contribution in [3.8, 4) is 6.07 Å². The first-order valence-corrected chi connectivity index (χ1v) is 9.40. The van der Waals surface area contributed by atoms with Crippen LogP contribution >= 0.6 is 11.3 Å². The number of nitrogens with zero attached hydrogens (tertiary/aromatic N) is 2. The Labute approximate surface area is 158 Å². The number of anilines is 2. The molecule has 0 radical (unpaired) electrons.